The third kappa shape index (κ3) is 2.97. The van der Waals surface area contributed by atoms with E-state index in [0.29, 0.717) is 0 Å². The molecule has 1 aromatic heterocycles. The number of nitrogens with one attached hydrogen (secondary N) is 1. The summed E-state index contributed by atoms with van der Waals surface area (Å²) in [6, 6.07) is 11.9. The van der Waals surface area contributed by atoms with Crippen LogP contribution in [-0.2, 0) is 0 Å². The SMILES string of the molecule is CCCNc1ccc(-c2cccc(N)c2)cn1. The van der Waals surface area contributed by atoms with Gasteiger partial charge in [0.2, 0.25) is 0 Å². The Labute approximate surface area is 102 Å². The number of aromatic nitrogens is 1. The summed E-state index contributed by atoms with van der Waals surface area (Å²) in [5.41, 5.74) is 8.71. The maximum absolute atomic E-state index is 5.76. The highest BCUT2D eigenvalue weighted by Gasteiger charge is 1.99. The molecule has 0 amide bonds. The minimum absolute atomic E-state index is 0.774. The third-order valence-corrected chi connectivity index (χ3v) is 2.54. The zero-order valence-corrected chi connectivity index (χ0v) is 9.98. The van der Waals surface area contributed by atoms with Gasteiger partial charge in [-0.1, -0.05) is 19.1 Å². The summed E-state index contributed by atoms with van der Waals surface area (Å²) in [7, 11) is 0. The van der Waals surface area contributed by atoms with E-state index in [1.165, 1.54) is 0 Å². The molecule has 0 saturated heterocycles. The molecule has 0 bridgehead atoms. The molecule has 1 aromatic carbocycles. The number of rotatable bonds is 4. The smallest absolute Gasteiger partial charge is 0.125 e. The van der Waals surface area contributed by atoms with Crippen molar-refractivity contribution in [2.45, 2.75) is 13.3 Å². The van der Waals surface area contributed by atoms with Crippen molar-refractivity contribution in [2.75, 3.05) is 17.6 Å². The van der Waals surface area contributed by atoms with Crippen LogP contribution in [-0.4, -0.2) is 11.5 Å². The van der Waals surface area contributed by atoms with Crippen molar-refractivity contribution >= 4 is 11.5 Å². The summed E-state index contributed by atoms with van der Waals surface area (Å²) in [5.74, 6) is 0.916. The molecule has 2 rings (SSSR count). The minimum Gasteiger partial charge on any atom is -0.399 e. The molecule has 0 unspecified atom stereocenters. The Morgan fingerprint density at radius 2 is 2.06 bits per heavy atom. The first kappa shape index (κ1) is 11.5. The number of hydrogen-bond acceptors (Lipinski definition) is 3. The zero-order chi connectivity index (χ0) is 12.1. The van der Waals surface area contributed by atoms with Crippen LogP contribution < -0.4 is 11.1 Å². The first-order chi connectivity index (χ1) is 8.29. The Morgan fingerprint density at radius 1 is 1.18 bits per heavy atom. The number of nitrogens with two attached hydrogens (primary N) is 1. The molecule has 0 atom stereocenters. The standard InChI is InChI=1S/C14H17N3/c1-2-8-16-14-7-6-12(10-17-14)11-4-3-5-13(15)9-11/h3-7,9-10H,2,8,15H2,1H3,(H,16,17). The van der Waals surface area contributed by atoms with Crippen LogP contribution in [0, 0.1) is 0 Å². The Bertz CT molecular complexity index is 477. The molecule has 3 N–H and O–H groups in total. The lowest BCUT2D eigenvalue weighted by Gasteiger charge is -2.06. The van der Waals surface area contributed by atoms with Crippen LogP contribution in [0.2, 0.25) is 0 Å². The van der Waals surface area contributed by atoms with Gasteiger partial charge in [-0.3, -0.25) is 0 Å². The minimum atomic E-state index is 0.774. The zero-order valence-electron chi connectivity index (χ0n) is 9.98. The van der Waals surface area contributed by atoms with Crippen molar-refractivity contribution in [1.29, 1.82) is 0 Å². The van der Waals surface area contributed by atoms with Gasteiger partial charge >= 0.3 is 0 Å². The van der Waals surface area contributed by atoms with Crippen LogP contribution in [0.25, 0.3) is 11.1 Å². The number of nitrogens with zero attached hydrogens (tertiary/aromatic N) is 1. The summed E-state index contributed by atoms with van der Waals surface area (Å²) in [5, 5.41) is 3.25. The molecule has 3 heteroatoms. The van der Waals surface area contributed by atoms with Gasteiger partial charge in [-0.15, -0.1) is 0 Å². The molecule has 88 valence electrons. The Hall–Kier alpha value is -2.03. The van der Waals surface area contributed by atoms with Crippen LogP contribution in [0.1, 0.15) is 13.3 Å². The molecule has 2 aromatic rings. The summed E-state index contributed by atoms with van der Waals surface area (Å²) in [4.78, 5) is 4.37. The Morgan fingerprint density at radius 3 is 2.71 bits per heavy atom. The average Bonchev–Trinajstić information content (AvgIpc) is 2.37. The summed E-state index contributed by atoms with van der Waals surface area (Å²) in [6.07, 6.45) is 2.96. The van der Waals surface area contributed by atoms with Gasteiger partial charge in [0, 0.05) is 24.0 Å². The first-order valence-corrected chi connectivity index (χ1v) is 5.85. The fourth-order valence-electron chi connectivity index (χ4n) is 1.64. The largest absolute Gasteiger partial charge is 0.399 e. The first-order valence-electron chi connectivity index (χ1n) is 5.85. The fourth-order valence-corrected chi connectivity index (χ4v) is 1.64. The molecule has 1 heterocycles. The second kappa shape index (κ2) is 5.34. The molecule has 0 fully saturated rings. The maximum atomic E-state index is 5.76. The number of anilines is 2. The normalized spacial score (nSPS) is 10.2. The van der Waals surface area contributed by atoms with E-state index in [1.807, 2.05) is 36.5 Å². The highest BCUT2D eigenvalue weighted by molar-refractivity contribution is 5.67. The van der Waals surface area contributed by atoms with Crippen LogP contribution in [0.5, 0.6) is 0 Å². The van der Waals surface area contributed by atoms with Crippen LogP contribution in [0.4, 0.5) is 11.5 Å². The summed E-state index contributed by atoms with van der Waals surface area (Å²) >= 11 is 0. The molecule has 0 aliphatic rings. The average molecular weight is 227 g/mol. The van der Waals surface area contributed by atoms with Gasteiger partial charge in [0.1, 0.15) is 5.82 Å². The van der Waals surface area contributed by atoms with Crippen LogP contribution >= 0.6 is 0 Å². The molecule has 0 radical (unpaired) electrons. The van der Waals surface area contributed by atoms with Crippen molar-refractivity contribution in [2.24, 2.45) is 0 Å². The number of hydrogen-bond donors (Lipinski definition) is 2. The Balaban J connectivity index is 2.17. The van der Waals surface area contributed by atoms with E-state index in [2.05, 4.69) is 23.3 Å². The van der Waals surface area contributed by atoms with E-state index in [-0.39, 0.29) is 0 Å². The summed E-state index contributed by atoms with van der Waals surface area (Å²) < 4.78 is 0. The predicted molar refractivity (Wildman–Crippen MR) is 72.9 cm³/mol. The maximum Gasteiger partial charge on any atom is 0.125 e. The molecule has 3 nitrogen and oxygen atoms in total. The van der Waals surface area contributed by atoms with E-state index in [0.717, 1.165) is 35.6 Å². The number of nitrogen functional groups attached to an aromatic ring is 1. The second-order valence-corrected chi connectivity index (χ2v) is 3.98. The number of pyridine rings is 1. The molecule has 0 spiro atoms. The van der Waals surface area contributed by atoms with E-state index in [9.17, 15) is 0 Å². The van der Waals surface area contributed by atoms with Crippen molar-refractivity contribution in [3.05, 3.63) is 42.6 Å². The van der Waals surface area contributed by atoms with Gasteiger partial charge in [-0.05, 0) is 36.2 Å². The highest BCUT2D eigenvalue weighted by Crippen LogP contribution is 2.21. The molecule has 0 saturated carbocycles. The Kier molecular flexibility index (Phi) is 3.60. The molecular weight excluding hydrogens is 210 g/mol. The third-order valence-electron chi connectivity index (χ3n) is 2.54. The lowest BCUT2D eigenvalue weighted by Crippen LogP contribution is -2.01. The van der Waals surface area contributed by atoms with Gasteiger partial charge in [0.25, 0.3) is 0 Å². The molecule has 17 heavy (non-hydrogen) atoms. The van der Waals surface area contributed by atoms with Gasteiger partial charge < -0.3 is 11.1 Å². The lowest BCUT2D eigenvalue weighted by atomic mass is 10.1. The quantitative estimate of drug-likeness (QED) is 0.789. The second-order valence-electron chi connectivity index (χ2n) is 3.98. The topological polar surface area (TPSA) is 50.9 Å². The molecular formula is C14H17N3. The van der Waals surface area contributed by atoms with Crippen molar-refractivity contribution < 1.29 is 0 Å². The number of benzene rings is 1. The monoisotopic (exact) mass is 227 g/mol. The van der Waals surface area contributed by atoms with Crippen molar-refractivity contribution in [3.8, 4) is 11.1 Å². The van der Waals surface area contributed by atoms with Crippen molar-refractivity contribution in [1.82, 2.24) is 4.98 Å². The van der Waals surface area contributed by atoms with Crippen LogP contribution in [0.3, 0.4) is 0 Å². The van der Waals surface area contributed by atoms with E-state index in [1.54, 1.807) is 0 Å². The van der Waals surface area contributed by atoms with Gasteiger partial charge in [-0.25, -0.2) is 4.98 Å². The van der Waals surface area contributed by atoms with Gasteiger partial charge in [0.15, 0.2) is 0 Å². The van der Waals surface area contributed by atoms with E-state index < -0.39 is 0 Å². The van der Waals surface area contributed by atoms with Crippen LogP contribution in [0.15, 0.2) is 42.6 Å². The predicted octanol–water partition coefficient (Wildman–Crippen LogP) is 3.15. The molecule has 0 aliphatic heterocycles. The van der Waals surface area contributed by atoms with Gasteiger partial charge in [0.05, 0.1) is 0 Å². The van der Waals surface area contributed by atoms with E-state index in [4.69, 9.17) is 5.73 Å². The summed E-state index contributed by atoms with van der Waals surface area (Å²) in [6.45, 7) is 3.08. The fraction of sp³-hybridized carbons (Fsp3) is 0.214. The van der Waals surface area contributed by atoms with E-state index >= 15 is 0 Å². The highest BCUT2D eigenvalue weighted by atomic mass is 15.0. The van der Waals surface area contributed by atoms with Crippen molar-refractivity contribution in [3.63, 3.8) is 0 Å². The molecule has 0 aliphatic carbocycles. The van der Waals surface area contributed by atoms with Gasteiger partial charge in [-0.2, -0.15) is 0 Å². The lowest BCUT2D eigenvalue weighted by molar-refractivity contribution is 0.969.